The largest absolute Gasteiger partial charge is 0.392 e. The van der Waals surface area contributed by atoms with Crippen molar-refractivity contribution in [1.82, 2.24) is 0 Å². The van der Waals surface area contributed by atoms with Crippen molar-refractivity contribution >= 4 is 27.1 Å². The van der Waals surface area contributed by atoms with E-state index in [1.165, 1.54) is 0 Å². The molecule has 1 heterocycles. The Balaban J connectivity index is 1.93. The molecular weight excluding hydrogens is 582 g/mol. The molecule has 1 aliphatic heterocycles. The predicted molar refractivity (Wildman–Crippen MR) is 188 cm³/mol. The maximum atomic E-state index is 14.1. The van der Waals surface area contributed by atoms with Gasteiger partial charge in [0.1, 0.15) is 0 Å². The van der Waals surface area contributed by atoms with Crippen LogP contribution >= 0.6 is 0 Å². The van der Waals surface area contributed by atoms with Crippen molar-refractivity contribution in [3.05, 3.63) is 53.6 Å². The van der Waals surface area contributed by atoms with E-state index in [1.807, 2.05) is 55.4 Å². The van der Waals surface area contributed by atoms with Gasteiger partial charge in [0.2, 0.25) is 5.91 Å². The number of hydrogen-bond donors (Lipinski definition) is 2. The molecule has 0 bridgehead atoms. The molecule has 0 saturated heterocycles. The Morgan fingerprint density at radius 3 is 2.04 bits per heavy atom. The molecule has 0 aliphatic carbocycles. The molecule has 1 amide bonds. The van der Waals surface area contributed by atoms with Crippen LogP contribution in [0.25, 0.3) is 0 Å². The number of amides is 1. The average Bonchev–Trinajstić information content (AvgIpc) is 3.10. The van der Waals surface area contributed by atoms with Crippen molar-refractivity contribution in [1.29, 1.82) is 0 Å². The zero-order chi connectivity index (χ0) is 33.3. The first-order valence-electron chi connectivity index (χ1n) is 17.4. The van der Waals surface area contributed by atoms with E-state index in [4.69, 9.17) is 0 Å². The highest BCUT2D eigenvalue weighted by atomic mass is 32.2. The molecule has 2 aromatic carbocycles. The number of aliphatic hydroxyl groups is 1. The topological polar surface area (TPSA) is 86.7 Å². The zero-order valence-corrected chi connectivity index (χ0v) is 29.9. The van der Waals surface area contributed by atoms with Gasteiger partial charge in [-0.25, -0.2) is 8.42 Å². The number of aliphatic hydroxyl groups excluding tert-OH is 1. The lowest BCUT2D eigenvalue weighted by molar-refractivity contribution is -0.923. The molecule has 0 radical (unpaired) electrons. The number of benzene rings is 2. The fraction of sp³-hybridized carbons (Fsp3) is 0.649. The van der Waals surface area contributed by atoms with Crippen LogP contribution in [0.5, 0.6) is 0 Å². The summed E-state index contributed by atoms with van der Waals surface area (Å²) in [5.74, 6) is -0.552. The van der Waals surface area contributed by atoms with Crippen molar-refractivity contribution < 1.29 is 22.8 Å². The Labute approximate surface area is 273 Å². The first-order chi connectivity index (χ1) is 21.4. The maximum Gasteiger partial charge on any atom is 0.224 e. The molecule has 0 saturated carbocycles. The van der Waals surface area contributed by atoms with Gasteiger partial charge in [0.25, 0.3) is 0 Å². The number of unbranched alkanes of at least 4 members (excludes halogenated alkanes) is 3. The smallest absolute Gasteiger partial charge is 0.224 e. The van der Waals surface area contributed by atoms with Crippen molar-refractivity contribution in [2.75, 3.05) is 56.2 Å². The average molecular weight is 643 g/mol. The van der Waals surface area contributed by atoms with Crippen LogP contribution < -0.4 is 10.2 Å². The van der Waals surface area contributed by atoms with Gasteiger partial charge in [-0.15, -0.1) is 0 Å². The van der Waals surface area contributed by atoms with Gasteiger partial charge in [-0.1, -0.05) is 51.7 Å². The molecule has 2 unspecified atom stereocenters. The summed E-state index contributed by atoms with van der Waals surface area (Å²) in [5.41, 5.74) is 2.38. The van der Waals surface area contributed by atoms with Gasteiger partial charge in [0.15, 0.2) is 9.84 Å². The summed E-state index contributed by atoms with van der Waals surface area (Å²) in [4.78, 5) is 15.1. The Bertz CT molecular complexity index is 1320. The van der Waals surface area contributed by atoms with Crippen LogP contribution in [0.2, 0.25) is 0 Å². The number of carbonyl (C=O) groups is 1. The van der Waals surface area contributed by atoms with Gasteiger partial charge in [-0.2, -0.15) is 0 Å². The lowest BCUT2D eigenvalue weighted by atomic mass is 9.68. The third kappa shape index (κ3) is 8.89. The number of anilines is 2. The molecule has 0 spiro atoms. The van der Waals surface area contributed by atoms with Crippen molar-refractivity contribution in [3.8, 4) is 0 Å². The molecule has 2 aromatic rings. The molecule has 0 aromatic heterocycles. The molecule has 2 N–H and O–H groups in total. The molecule has 2 atom stereocenters. The number of rotatable bonds is 17. The minimum Gasteiger partial charge on any atom is -0.392 e. The van der Waals surface area contributed by atoms with Crippen LogP contribution in [-0.4, -0.2) is 76.0 Å². The maximum absolute atomic E-state index is 14.1. The van der Waals surface area contributed by atoms with Gasteiger partial charge < -0.3 is 19.8 Å². The minimum atomic E-state index is -3.65. The van der Waals surface area contributed by atoms with Gasteiger partial charge in [0.05, 0.1) is 42.9 Å². The second-order valence-electron chi connectivity index (χ2n) is 13.5. The molecule has 45 heavy (non-hydrogen) atoms. The third-order valence-electron chi connectivity index (χ3n) is 10.5. The highest BCUT2D eigenvalue weighted by molar-refractivity contribution is 7.91. The van der Waals surface area contributed by atoms with Crippen molar-refractivity contribution in [3.63, 3.8) is 0 Å². The van der Waals surface area contributed by atoms with Crippen molar-refractivity contribution in [2.45, 2.75) is 109 Å². The second kappa shape index (κ2) is 16.4. The van der Waals surface area contributed by atoms with Crippen molar-refractivity contribution in [2.24, 2.45) is 5.41 Å². The summed E-state index contributed by atoms with van der Waals surface area (Å²) in [5, 5.41) is 15.4. The van der Waals surface area contributed by atoms with E-state index in [1.54, 1.807) is 6.07 Å². The van der Waals surface area contributed by atoms with Gasteiger partial charge in [-0.3, -0.25) is 4.79 Å². The van der Waals surface area contributed by atoms with Crippen LogP contribution in [0.1, 0.15) is 109 Å². The summed E-state index contributed by atoms with van der Waals surface area (Å²) in [6, 6.07) is 13.2. The number of nitrogens with one attached hydrogen (secondary N) is 1. The second-order valence-corrected chi connectivity index (χ2v) is 15.5. The minimum absolute atomic E-state index is 0.00468. The summed E-state index contributed by atoms with van der Waals surface area (Å²) in [6.07, 6.45) is 6.42. The molecule has 1 aliphatic rings. The lowest BCUT2D eigenvalue weighted by Crippen LogP contribution is -2.48. The third-order valence-corrected chi connectivity index (χ3v) is 12.5. The van der Waals surface area contributed by atoms with E-state index < -0.39 is 27.3 Å². The van der Waals surface area contributed by atoms with Gasteiger partial charge >= 0.3 is 0 Å². The van der Waals surface area contributed by atoms with E-state index >= 15 is 0 Å². The molecular formula is C37H60N3O4S+. The van der Waals surface area contributed by atoms with Crippen LogP contribution in [0.3, 0.4) is 0 Å². The zero-order valence-electron chi connectivity index (χ0n) is 29.1. The number of nitrogens with zero attached hydrogens (tertiary/aromatic N) is 2. The Hall–Kier alpha value is -2.42. The highest BCUT2D eigenvalue weighted by Gasteiger charge is 2.49. The number of fused-ring (bicyclic) bond motifs is 1. The summed E-state index contributed by atoms with van der Waals surface area (Å²) in [7, 11) is 0.230. The molecule has 252 valence electrons. The van der Waals surface area contributed by atoms with E-state index in [0.717, 1.165) is 80.4 Å². The van der Waals surface area contributed by atoms with Gasteiger partial charge in [-0.05, 0) is 87.9 Å². The quantitative estimate of drug-likeness (QED) is 0.139. The summed E-state index contributed by atoms with van der Waals surface area (Å²) >= 11 is 0. The van der Waals surface area contributed by atoms with Gasteiger partial charge in [0, 0.05) is 43.2 Å². The van der Waals surface area contributed by atoms with E-state index in [0.29, 0.717) is 35.4 Å². The van der Waals surface area contributed by atoms with Crippen LogP contribution in [0, 0.1) is 5.41 Å². The Kier molecular flexibility index (Phi) is 13.5. The lowest BCUT2D eigenvalue weighted by Gasteiger charge is -2.40. The molecule has 8 heteroatoms. The number of quaternary nitrogens is 1. The van der Waals surface area contributed by atoms with Crippen LogP contribution in [0.4, 0.5) is 11.4 Å². The number of carbonyl (C=O) groups excluding carboxylic acids is 1. The number of hydrogen-bond acceptors (Lipinski definition) is 5. The first-order valence-corrected chi connectivity index (χ1v) is 19.0. The fourth-order valence-corrected chi connectivity index (χ4v) is 9.46. The highest BCUT2D eigenvalue weighted by Crippen LogP contribution is 2.50. The predicted octanol–water partition coefficient (Wildman–Crippen LogP) is 7.38. The van der Waals surface area contributed by atoms with Crippen LogP contribution in [0.15, 0.2) is 47.4 Å². The monoisotopic (exact) mass is 642 g/mol. The fourth-order valence-electron chi connectivity index (χ4n) is 7.27. The summed E-state index contributed by atoms with van der Waals surface area (Å²) in [6.45, 7) is 15.4. The standard InChI is InChI=1S/C37H59N3O4S/c1-8-13-24-37(25-14-9-2)28-45(43,44)33-23-22-31(39(6)7)27-32(33)35(36(37)42)29-18-20-30(21-19-29)38-34(41)17-15-16-26-40(10-3,11-4)12-5/h18-23,27,35-36,42H,8-17,24-26,28H2,1-7H3/p+1. The SMILES string of the molecule is CCCCC1(CCCC)CS(=O)(=O)c2ccc(N(C)C)cc2C(c2ccc(NC(=O)CCCC[N+](CC)(CC)CC)cc2)C1O. The van der Waals surface area contributed by atoms with Crippen LogP contribution in [-0.2, 0) is 14.6 Å². The Morgan fingerprint density at radius 1 is 0.911 bits per heavy atom. The molecule has 7 nitrogen and oxygen atoms in total. The molecule has 0 fully saturated rings. The van der Waals surface area contributed by atoms with E-state index in [-0.39, 0.29) is 11.7 Å². The van der Waals surface area contributed by atoms with E-state index in [2.05, 4.69) is 39.9 Å². The van der Waals surface area contributed by atoms with E-state index in [9.17, 15) is 18.3 Å². The first kappa shape index (κ1) is 37.0. The Morgan fingerprint density at radius 2 is 1.51 bits per heavy atom. The summed E-state index contributed by atoms with van der Waals surface area (Å²) < 4.78 is 29.2. The number of sulfone groups is 1. The normalized spacial score (nSPS) is 19.0. The molecule has 3 rings (SSSR count).